The first-order valence-corrected chi connectivity index (χ1v) is 10.2. The average molecular weight is 388 g/mol. The quantitative estimate of drug-likeness (QED) is 0.616. The number of hydrogen-bond acceptors (Lipinski definition) is 4. The molecule has 5 heteroatoms. The molecule has 4 rings (SSSR count). The predicted octanol–water partition coefficient (Wildman–Crippen LogP) is 5.03. The van der Waals surface area contributed by atoms with E-state index in [1.165, 1.54) is 4.88 Å². The van der Waals surface area contributed by atoms with Crippen LogP contribution in [0.5, 0.6) is 5.75 Å². The molecule has 1 aliphatic heterocycles. The van der Waals surface area contributed by atoms with E-state index >= 15 is 0 Å². The predicted molar refractivity (Wildman–Crippen MR) is 110 cm³/mol. The van der Waals surface area contributed by atoms with Crippen molar-refractivity contribution in [3.63, 3.8) is 0 Å². The summed E-state index contributed by atoms with van der Waals surface area (Å²) in [5, 5.41) is 10.9. The summed E-state index contributed by atoms with van der Waals surface area (Å²) in [6, 6.07) is 21.6. The van der Waals surface area contributed by atoms with Gasteiger partial charge < -0.3 is 9.64 Å². The van der Waals surface area contributed by atoms with Crippen LogP contribution in [-0.4, -0.2) is 24.0 Å². The fourth-order valence-electron chi connectivity index (χ4n) is 3.55. The van der Waals surface area contributed by atoms with Gasteiger partial charge in [0.15, 0.2) is 6.61 Å². The number of carbonyl (C=O) groups is 1. The first kappa shape index (κ1) is 18.3. The van der Waals surface area contributed by atoms with E-state index in [0.717, 1.165) is 30.5 Å². The molecule has 0 aliphatic carbocycles. The molecule has 0 saturated carbocycles. The number of likely N-dealkylation sites (tertiary alicyclic amines) is 1. The lowest BCUT2D eigenvalue weighted by atomic mass is 10.0. The van der Waals surface area contributed by atoms with E-state index in [9.17, 15) is 4.79 Å². The molecule has 0 radical (unpaired) electrons. The van der Waals surface area contributed by atoms with Gasteiger partial charge in [-0.25, -0.2) is 0 Å². The first-order chi connectivity index (χ1) is 13.7. The number of ether oxygens (including phenoxy) is 1. The summed E-state index contributed by atoms with van der Waals surface area (Å²) >= 11 is 1.71. The minimum Gasteiger partial charge on any atom is -0.484 e. The topological polar surface area (TPSA) is 53.3 Å². The van der Waals surface area contributed by atoms with Gasteiger partial charge in [0.05, 0.1) is 17.7 Å². The molecule has 1 aliphatic rings. The molecule has 1 fully saturated rings. The molecule has 4 nitrogen and oxygen atoms in total. The van der Waals surface area contributed by atoms with E-state index < -0.39 is 0 Å². The smallest absolute Gasteiger partial charge is 0.261 e. The molecule has 1 unspecified atom stereocenters. The van der Waals surface area contributed by atoms with Gasteiger partial charge in [-0.2, -0.15) is 5.26 Å². The van der Waals surface area contributed by atoms with E-state index in [-0.39, 0.29) is 18.6 Å². The van der Waals surface area contributed by atoms with Gasteiger partial charge >= 0.3 is 0 Å². The van der Waals surface area contributed by atoms with E-state index in [0.29, 0.717) is 11.3 Å². The number of rotatable bonds is 5. The second-order valence-electron chi connectivity index (χ2n) is 6.76. The van der Waals surface area contributed by atoms with Crippen molar-refractivity contribution in [3.8, 4) is 22.9 Å². The standard InChI is InChI=1S/C23H20N2O2S/c24-15-17-5-7-18(8-6-17)19-9-11-20(12-10-19)27-16-23(26)25-13-1-3-21(25)22-4-2-14-28-22/h2,4-12,14,21H,1,3,13,16H2. The summed E-state index contributed by atoms with van der Waals surface area (Å²) in [5.41, 5.74) is 2.72. The number of thiophene rings is 1. The highest BCUT2D eigenvalue weighted by Gasteiger charge is 2.30. The van der Waals surface area contributed by atoms with Crippen molar-refractivity contribution in [2.45, 2.75) is 18.9 Å². The molecule has 0 bridgehead atoms. The zero-order valence-electron chi connectivity index (χ0n) is 15.4. The number of nitrogens with zero attached hydrogens (tertiary/aromatic N) is 2. The van der Waals surface area contributed by atoms with E-state index in [1.807, 2.05) is 47.4 Å². The molecule has 0 spiro atoms. The fourth-order valence-corrected chi connectivity index (χ4v) is 4.42. The van der Waals surface area contributed by atoms with Gasteiger partial charge in [-0.05, 0) is 59.7 Å². The Morgan fingerprint density at radius 2 is 1.82 bits per heavy atom. The van der Waals surface area contributed by atoms with Crippen LogP contribution >= 0.6 is 11.3 Å². The molecule has 140 valence electrons. The maximum absolute atomic E-state index is 12.7. The lowest BCUT2D eigenvalue weighted by Crippen LogP contribution is -2.34. The Kier molecular flexibility index (Phi) is 5.41. The van der Waals surface area contributed by atoms with E-state index in [1.54, 1.807) is 23.5 Å². The lowest BCUT2D eigenvalue weighted by molar-refractivity contribution is -0.134. The van der Waals surface area contributed by atoms with Gasteiger partial charge in [-0.15, -0.1) is 11.3 Å². The van der Waals surface area contributed by atoms with Crippen LogP contribution in [0.2, 0.25) is 0 Å². The maximum atomic E-state index is 12.7. The number of benzene rings is 2. The summed E-state index contributed by atoms with van der Waals surface area (Å²) in [6.07, 6.45) is 2.05. The molecule has 1 atom stereocenters. The summed E-state index contributed by atoms with van der Waals surface area (Å²) in [4.78, 5) is 15.8. The minimum atomic E-state index is 0.0343. The summed E-state index contributed by atoms with van der Waals surface area (Å²) in [6.45, 7) is 0.848. The van der Waals surface area contributed by atoms with Gasteiger partial charge in [-0.3, -0.25) is 4.79 Å². The zero-order valence-corrected chi connectivity index (χ0v) is 16.2. The second kappa shape index (κ2) is 8.28. The molecule has 1 amide bonds. The van der Waals surface area contributed by atoms with Crippen LogP contribution in [0.3, 0.4) is 0 Å². The van der Waals surface area contributed by atoms with Crippen molar-refractivity contribution in [3.05, 3.63) is 76.5 Å². The van der Waals surface area contributed by atoms with Crippen molar-refractivity contribution >= 4 is 17.2 Å². The second-order valence-corrected chi connectivity index (χ2v) is 7.74. The monoisotopic (exact) mass is 388 g/mol. The molecule has 3 aromatic rings. The highest BCUT2D eigenvalue weighted by Crippen LogP contribution is 2.34. The van der Waals surface area contributed by atoms with Crippen molar-refractivity contribution < 1.29 is 9.53 Å². The van der Waals surface area contributed by atoms with Crippen molar-refractivity contribution in [2.24, 2.45) is 0 Å². The van der Waals surface area contributed by atoms with Crippen molar-refractivity contribution in [2.75, 3.05) is 13.2 Å². The Labute approximate surface area is 168 Å². The van der Waals surface area contributed by atoms with Crippen molar-refractivity contribution in [1.82, 2.24) is 4.90 Å². The molecule has 0 N–H and O–H groups in total. The highest BCUT2D eigenvalue weighted by atomic mass is 32.1. The number of carbonyl (C=O) groups excluding carboxylic acids is 1. The molecule has 2 heterocycles. The third-order valence-electron chi connectivity index (χ3n) is 5.01. The number of hydrogen-bond donors (Lipinski definition) is 0. The molecular weight excluding hydrogens is 368 g/mol. The summed E-state index contributed by atoms with van der Waals surface area (Å²) in [7, 11) is 0. The molecule has 2 aromatic carbocycles. The van der Waals surface area contributed by atoms with Crippen LogP contribution in [0.1, 0.15) is 29.3 Å². The van der Waals surface area contributed by atoms with Crippen LogP contribution in [0.4, 0.5) is 0 Å². The van der Waals surface area contributed by atoms with Crippen LogP contribution in [-0.2, 0) is 4.79 Å². The third kappa shape index (κ3) is 3.92. The Morgan fingerprint density at radius 3 is 2.46 bits per heavy atom. The summed E-state index contributed by atoms with van der Waals surface area (Å²) in [5.74, 6) is 0.713. The van der Waals surface area contributed by atoms with E-state index in [4.69, 9.17) is 10.00 Å². The number of amides is 1. The lowest BCUT2D eigenvalue weighted by Gasteiger charge is -2.24. The fraction of sp³-hybridized carbons (Fsp3) is 0.217. The van der Waals surface area contributed by atoms with E-state index in [2.05, 4.69) is 17.5 Å². The van der Waals surface area contributed by atoms with Gasteiger partial charge in [-0.1, -0.05) is 30.3 Å². The maximum Gasteiger partial charge on any atom is 0.261 e. The Morgan fingerprint density at radius 1 is 1.11 bits per heavy atom. The molecule has 1 saturated heterocycles. The summed E-state index contributed by atoms with van der Waals surface area (Å²) < 4.78 is 5.74. The first-order valence-electron chi connectivity index (χ1n) is 9.31. The molecule has 28 heavy (non-hydrogen) atoms. The Hall–Kier alpha value is -3.10. The van der Waals surface area contributed by atoms with Crippen LogP contribution < -0.4 is 4.74 Å². The van der Waals surface area contributed by atoms with Crippen molar-refractivity contribution in [1.29, 1.82) is 5.26 Å². The SMILES string of the molecule is N#Cc1ccc(-c2ccc(OCC(=O)N3CCCC3c3cccs3)cc2)cc1. The molecular formula is C23H20N2O2S. The Bertz CT molecular complexity index is 973. The largest absolute Gasteiger partial charge is 0.484 e. The zero-order chi connectivity index (χ0) is 19.3. The third-order valence-corrected chi connectivity index (χ3v) is 5.98. The average Bonchev–Trinajstić information content (AvgIpc) is 3.44. The normalized spacial score (nSPS) is 16.0. The van der Waals surface area contributed by atoms with Gasteiger partial charge in [0.2, 0.25) is 0 Å². The van der Waals surface area contributed by atoms with Gasteiger partial charge in [0.25, 0.3) is 5.91 Å². The van der Waals surface area contributed by atoms with Gasteiger partial charge in [0, 0.05) is 11.4 Å². The van der Waals surface area contributed by atoms with Crippen LogP contribution in [0.25, 0.3) is 11.1 Å². The molecule has 1 aromatic heterocycles. The van der Waals surface area contributed by atoms with Gasteiger partial charge in [0.1, 0.15) is 5.75 Å². The Balaban J connectivity index is 1.37. The highest BCUT2D eigenvalue weighted by molar-refractivity contribution is 7.10. The van der Waals surface area contributed by atoms with Crippen LogP contribution in [0, 0.1) is 11.3 Å². The van der Waals surface area contributed by atoms with Crippen LogP contribution in [0.15, 0.2) is 66.0 Å². The minimum absolute atomic E-state index is 0.0343. The number of nitriles is 1.